The minimum atomic E-state index is -5.08. The van der Waals surface area contributed by atoms with E-state index >= 15 is 0 Å². The molecule has 1 fully saturated rings. The van der Waals surface area contributed by atoms with E-state index in [-0.39, 0.29) is 16.6 Å². The molecule has 0 radical (unpaired) electrons. The summed E-state index contributed by atoms with van der Waals surface area (Å²) in [5, 5.41) is 16.3. The van der Waals surface area contributed by atoms with Gasteiger partial charge in [-0.2, -0.15) is 17.5 Å². The van der Waals surface area contributed by atoms with Crippen molar-refractivity contribution in [3.05, 3.63) is 66.0 Å². The lowest BCUT2D eigenvalue weighted by atomic mass is 10.1. The van der Waals surface area contributed by atoms with Crippen LogP contribution in [-0.4, -0.2) is 78.3 Å². The lowest BCUT2D eigenvalue weighted by Crippen LogP contribution is -2.42. The highest BCUT2D eigenvalue weighted by atomic mass is 32.2. The van der Waals surface area contributed by atoms with Gasteiger partial charge in [-0.05, 0) is 59.2 Å². The number of benzene rings is 2. The topological polar surface area (TPSA) is 167 Å². The quantitative estimate of drug-likeness (QED) is 0.283. The molecule has 0 aliphatic carbocycles. The SMILES string of the molecule is COc1ccc2ccc(S(=O)(=O)N(C)[C@H]3CCN(Cc4ccnc(C(=N)N)c4)C3=O)cc2c1.O=C(O)C(F)(F)F. The number of nitrogens with one attached hydrogen (secondary N) is 1. The Labute approximate surface area is 227 Å². The van der Waals surface area contributed by atoms with E-state index in [1.807, 2.05) is 12.1 Å². The lowest BCUT2D eigenvalue weighted by Gasteiger charge is -2.24. The van der Waals surface area contributed by atoms with Crippen molar-refractivity contribution in [3.63, 3.8) is 0 Å². The van der Waals surface area contributed by atoms with Gasteiger partial charge >= 0.3 is 12.1 Å². The molecule has 0 spiro atoms. The van der Waals surface area contributed by atoms with Crippen LogP contribution >= 0.6 is 0 Å². The molecule has 1 saturated heterocycles. The summed E-state index contributed by atoms with van der Waals surface area (Å²) in [6.45, 7) is 0.720. The summed E-state index contributed by atoms with van der Waals surface area (Å²) in [6, 6.07) is 13.0. The van der Waals surface area contributed by atoms with Gasteiger partial charge in [0, 0.05) is 26.3 Å². The molecule has 4 N–H and O–H groups in total. The summed E-state index contributed by atoms with van der Waals surface area (Å²) in [6.07, 6.45) is -3.16. The highest BCUT2D eigenvalue weighted by Gasteiger charge is 2.40. The van der Waals surface area contributed by atoms with Crippen molar-refractivity contribution in [2.24, 2.45) is 5.73 Å². The molecule has 1 atom stereocenters. The van der Waals surface area contributed by atoms with E-state index in [9.17, 15) is 26.4 Å². The second-order valence-corrected chi connectivity index (χ2v) is 10.7. The number of carboxylic acid groups (broad SMARTS) is 1. The molecule has 1 amide bonds. The third-order valence-electron chi connectivity index (χ3n) is 6.12. The van der Waals surface area contributed by atoms with E-state index in [1.54, 1.807) is 48.4 Å². The number of likely N-dealkylation sites (tertiary alicyclic amines) is 1. The fourth-order valence-electron chi connectivity index (χ4n) is 3.98. The van der Waals surface area contributed by atoms with Crippen molar-refractivity contribution < 1.29 is 41.0 Å². The lowest BCUT2D eigenvalue weighted by molar-refractivity contribution is -0.192. The number of carbonyl (C=O) groups is 2. The molecule has 1 aliphatic heterocycles. The van der Waals surface area contributed by atoms with E-state index in [0.717, 1.165) is 20.6 Å². The number of alkyl halides is 3. The van der Waals surface area contributed by atoms with Crippen LogP contribution in [0.2, 0.25) is 0 Å². The maximum atomic E-state index is 13.3. The molecular weight excluding hydrogens is 555 g/mol. The largest absolute Gasteiger partial charge is 0.497 e. The van der Waals surface area contributed by atoms with E-state index in [0.29, 0.717) is 31.0 Å². The number of carbonyl (C=O) groups excluding carboxylic acids is 1. The van der Waals surface area contributed by atoms with Crippen molar-refractivity contribution in [2.45, 2.75) is 30.1 Å². The number of nitrogens with two attached hydrogens (primary N) is 1. The van der Waals surface area contributed by atoms with Crippen LogP contribution in [0.3, 0.4) is 0 Å². The number of ether oxygens (including phenoxy) is 1. The predicted octanol–water partition coefficient (Wildman–Crippen LogP) is 2.58. The minimum Gasteiger partial charge on any atom is -0.497 e. The number of amides is 1. The van der Waals surface area contributed by atoms with Crippen LogP contribution in [0.1, 0.15) is 17.7 Å². The average Bonchev–Trinajstić information content (AvgIpc) is 3.26. The first kappa shape index (κ1) is 30.3. The Kier molecular flexibility index (Phi) is 9.00. The standard InChI is InChI=1S/C23H25N5O4S.C2HF3O2/c1-27(33(30,31)19-6-4-16-3-5-18(32-2)12-17(16)13-19)21-8-10-28(23(21)29)14-15-7-9-26-20(11-15)22(24)25;3-2(4,5)1(6)7/h3-7,9,11-13,21H,8,10,14H2,1-2H3,(H3,24,25);(H,6,7)/t21-;/m0./s1. The number of hydrogen-bond donors (Lipinski definition) is 3. The zero-order chi connectivity index (χ0) is 29.8. The Hall–Kier alpha value is -4.24. The first-order valence-corrected chi connectivity index (χ1v) is 13.0. The van der Waals surface area contributed by atoms with Gasteiger partial charge in [-0.3, -0.25) is 15.2 Å². The molecule has 1 aromatic heterocycles. The minimum absolute atomic E-state index is 0.122. The Morgan fingerprint density at radius 3 is 2.45 bits per heavy atom. The molecule has 1 aliphatic rings. The number of nitrogen functional groups attached to an aromatic ring is 1. The molecule has 2 heterocycles. The summed E-state index contributed by atoms with van der Waals surface area (Å²) >= 11 is 0. The van der Waals surface area contributed by atoms with Gasteiger partial charge in [0.15, 0.2) is 0 Å². The van der Waals surface area contributed by atoms with Gasteiger partial charge in [0.1, 0.15) is 23.3 Å². The van der Waals surface area contributed by atoms with Gasteiger partial charge in [-0.15, -0.1) is 0 Å². The number of rotatable bonds is 7. The van der Waals surface area contributed by atoms with E-state index < -0.39 is 28.2 Å². The number of carboxylic acids is 1. The highest BCUT2D eigenvalue weighted by molar-refractivity contribution is 7.89. The number of sulfonamides is 1. The van der Waals surface area contributed by atoms with Crippen LogP contribution < -0.4 is 10.5 Å². The summed E-state index contributed by atoms with van der Waals surface area (Å²) in [7, 11) is -0.893. The van der Waals surface area contributed by atoms with Crippen LogP contribution in [0.15, 0.2) is 59.6 Å². The first-order chi connectivity index (χ1) is 18.6. The summed E-state index contributed by atoms with van der Waals surface area (Å²) in [4.78, 5) is 27.7. The third kappa shape index (κ3) is 6.84. The molecule has 40 heavy (non-hydrogen) atoms. The normalized spacial score (nSPS) is 15.6. The fourth-order valence-corrected chi connectivity index (χ4v) is 5.36. The number of likely N-dealkylation sites (N-methyl/N-ethyl adjacent to an activating group) is 1. The van der Waals surface area contributed by atoms with Gasteiger partial charge in [-0.25, -0.2) is 13.2 Å². The number of fused-ring (bicyclic) bond motifs is 1. The van der Waals surface area contributed by atoms with Crippen LogP contribution in [0.5, 0.6) is 5.75 Å². The van der Waals surface area contributed by atoms with Gasteiger partial charge in [0.05, 0.1) is 12.0 Å². The molecule has 4 rings (SSSR count). The van der Waals surface area contributed by atoms with Crippen molar-refractivity contribution in [1.29, 1.82) is 5.41 Å². The number of nitrogens with zero attached hydrogens (tertiary/aromatic N) is 3. The Morgan fingerprint density at radius 2 is 1.85 bits per heavy atom. The van der Waals surface area contributed by atoms with Gasteiger partial charge in [0.25, 0.3) is 0 Å². The molecule has 0 bridgehead atoms. The second kappa shape index (κ2) is 11.9. The first-order valence-electron chi connectivity index (χ1n) is 11.6. The van der Waals surface area contributed by atoms with E-state index in [4.69, 9.17) is 25.8 Å². The summed E-state index contributed by atoms with van der Waals surface area (Å²) in [5.41, 5.74) is 6.61. The number of aromatic nitrogens is 1. The number of aliphatic carboxylic acids is 1. The third-order valence-corrected chi connectivity index (χ3v) is 7.98. The maximum Gasteiger partial charge on any atom is 0.490 e. The summed E-state index contributed by atoms with van der Waals surface area (Å²) in [5.74, 6) is -2.53. The number of hydrogen-bond acceptors (Lipinski definition) is 7. The van der Waals surface area contributed by atoms with Crippen molar-refractivity contribution in [1.82, 2.24) is 14.2 Å². The number of amidine groups is 1. The number of methoxy groups -OCH3 is 1. The Bertz CT molecular complexity index is 1550. The smallest absolute Gasteiger partial charge is 0.490 e. The molecule has 3 aromatic rings. The van der Waals surface area contributed by atoms with Crippen molar-refractivity contribution >= 4 is 38.5 Å². The predicted molar refractivity (Wildman–Crippen MR) is 138 cm³/mol. The van der Waals surface area contributed by atoms with E-state index in [2.05, 4.69) is 4.98 Å². The van der Waals surface area contributed by atoms with Crippen molar-refractivity contribution in [2.75, 3.05) is 20.7 Å². The molecule has 15 heteroatoms. The highest BCUT2D eigenvalue weighted by Crippen LogP contribution is 2.28. The fraction of sp³-hybridized carbons (Fsp3) is 0.280. The zero-order valence-corrected chi connectivity index (χ0v) is 22.2. The van der Waals surface area contributed by atoms with Crippen LogP contribution in [0, 0.1) is 5.41 Å². The number of pyridine rings is 1. The van der Waals surface area contributed by atoms with Gasteiger partial charge < -0.3 is 20.5 Å². The number of halogens is 3. The maximum absolute atomic E-state index is 13.3. The molecular formula is C25H26F3N5O6S. The molecule has 11 nitrogen and oxygen atoms in total. The molecule has 0 unspecified atom stereocenters. The van der Waals surface area contributed by atoms with Crippen LogP contribution in [0.25, 0.3) is 10.8 Å². The Balaban J connectivity index is 0.000000559. The average molecular weight is 582 g/mol. The Morgan fingerprint density at radius 1 is 1.20 bits per heavy atom. The molecule has 214 valence electrons. The van der Waals surface area contributed by atoms with E-state index in [1.165, 1.54) is 13.2 Å². The van der Waals surface area contributed by atoms with Gasteiger partial charge in [0.2, 0.25) is 15.9 Å². The molecule has 0 saturated carbocycles. The monoisotopic (exact) mass is 581 g/mol. The van der Waals surface area contributed by atoms with Crippen molar-refractivity contribution in [3.8, 4) is 5.75 Å². The summed E-state index contributed by atoms with van der Waals surface area (Å²) < 4.78 is 64.8. The van der Waals surface area contributed by atoms with Gasteiger partial charge in [-0.1, -0.05) is 12.1 Å². The zero-order valence-electron chi connectivity index (χ0n) is 21.3. The molecule has 2 aromatic carbocycles. The second-order valence-electron chi connectivity index (χ2n) is 8.73. The van der Waals surface area contributed by atoms with Crippen LogP contribution in [-0.2, 0) is 26.2 Å². The van der Waals surface area contributed by atoms with Crippen LogP contribution in [0.4, 0.5) is 13.2 Å².